The molecule has 0 radical (unpaired) electrons. The standard InChI is InChI=1S/C13H19NO3S/c1-10-3-2-4-12(9-10)17-11-5-7-13(8-6-11)18(14,15)16/h5-8,10,12H,2-4,9H2,1H3,(H2,14,15,16). The summed E-state index contributed by atoms with van der Waals surface area (Å²) < 4.78 is 28.1. The van der Waals surface area contributed by atoms with Crippen molar-refractivity contribution < 1.29 is 13.2 Å². The molecule has 1 aromatic carbocycles. The summed E-state index contributed by atoms with van der Waals surface area (Å²) in [6.07, 6.45) is 4.85. The summed E-state index contributed by atoms with van der Waals surface area (Å²) in [6.45, 7) is 2.24. The normalized spacial score (nSPS) is 24.8. The van der Waals surface area contributed by atoms with Crippen LogP contribution in [0.15, 0.2) is 29.2 Å². The lowest BCUT2D eigenvalue weighted by Crippen LogP contribution is -2.24. The van der Waals surface area contributed by atoms with Gasteiger partial charge in [-0.3, -0.25) is 0 Å². The molecule has 0 bridgehead atoms. The van der Waals surface area contributed by atoms with E-state index in [4.69, 9.17) is 9.88 Å². The van der Waals surface area contributed by atoms with Crippen LogP contribution in [0.4, 0.5) is 0 Å². The molecule has 2 rings (SSSR count). The average Bonchev–Trinajstić information content (AvgIpc) is 2.28. The van der Waals surface area contributed by atoms with Crippen LogP contribution in [0.3, 0.4) is 0 Å². The van der Waals surface area contributed by atoms with Crippen molar-refractivity contribution >= 4 is 10.0 Å². The molecule has 2 unspecified atom stereocenters. The second-order valence-electron chi connectivity index (χ2n) is 5.03. The lowest BCUT2D eigenvalue weighted by molar-refractivity contribution is 0.129. The zero-order chi connectivity index (χ0) is 13.2. The van der Waals surface area contributed by atoms with E-state index in [0.29, 0.717) is 11.7 Å². The first kappa shape index (κ1) is 13.4. The Balaban J connectivity index is 2.02. The van der Waals surface area contributed by atoms with E-state index in [0.717, 1.165) is 12.8 Å². The first-order valence-electron chi connectivity index (χ1n) is 6.24. The highest BCUT2D eigenvalue weighted by molar-refractivity contribution is 7.89. The van der Waals surface area contributed by atoms with Crippen LogP contribution in [0.25, 0.3) is 0 Å². The molecular formula is C13H19NO3S. The maximum absolute atomic E-state index is 11.1. The lowest BCUT2D eigenvalue weighted by atomic mass is 9.89. The van der Waals surface area contributed by atoms with Gasteiger partial charge in [0.2, 0.25) is 10.0 Å². The summed E-state index contributed by atoms with van der Waals surface area (Å²) in [6, 6.07) is 6.30. The van der Waals surface area contributed by atoms with Gasteiger partial charge in [0.25, 0.3) is 0 Å². The Hall–Kier alpha value is -1.07. The molecule has 1 aliphatic rings. The zero-order valence-corrected chi connectivity index (χ0v) is 11.3. The fraction of sp³-hybridized carbons (Fsp3) is 0.538. The largest absolute Gasteiger partial charge is 0.490 e. The topological polar surface area (TPSA) is 69.4 Å². The highest BCUT2D eigenvalue weighted by atomic mass is 32.2. The van der Waals surface area contributed by atoms with E-state index in [2.05, 4.69) is 6.92 Å². The van der Waals surface area contributed by atoms with Crippen LogP contribution in [-0.2, 0) is 10.0 Å². The van der Waals surface area contributed by atoms with Gasteiger partial charge in [0, 0.05) is 0 Å². The van der Waals surface area contributed by atoms with Crippen LogP contribution in [0, 0.1) is 5.92 Å². The molecule has 0 spiro atoms. The molecule has 2 atom stereocenters. The molecule has 1 aliphatic carbocycles. The molecule has 100 valence electrons. The van der Waals surface area contributed by atoms with Crippen LogP contribution in [0.2, 0.25) is 0 Å². The summed E-state index contributed by atoms with van der Waals surface area (Å²) in [5, 5.41) is 5.04. The Morgan fingerprint density at radius 3 is 2.44 bits per heavy atom. The first-order chi connectivity index (χ1) is 8.45. The van der Waals surface area contributed by atoms with Crippen LogP contribution >= 0.6 is 0 Å². The molecular weight excluding hydrogens is 250 g/mol. The van der Waals surface area contributed by atoms with E-state index < -0.39 is 10.0 Å². The van der Waals surface area contributed by atoms with E-state index in [-0.39, 0.29) is 11.0 Å². The molecule has 18 heavy (non-hydrogen) atoms. The zero-order valence-electron chi connectivity index (χ0n) is 10.5. The summed E-state index contributed by atoms with van der Waals surface area (Å²) >= 11 is 0. The number of hydrogen-bond donors (Lipinski definition) is 1. The third kappa shape index (κ3) is 3.46. The SMILES string of the molecule is CC1CCCC(Oc2ccc(S(N)(=O)=O)cc2)C1. The summed E-state index contributed by atoms with van der Waals surface area (Å²) in [4.78, 5) is 0.117. The van der Waals surface area contributed by atoms with Crippen molar-refractivity contribution in [3.8, 4) is 5.75 Å². The third-order valence-corrected chi connectivity index (χ3v) is 4.27. The van der Waals surface area contributed by atoms with Crippen molar-refractivity contribution in [2.24, 2.45) is 11.1 Å². The van der Waals surface area contributed by atoms with E-state index >= 15 is 0 Å². The van der Waals surface area contributed by atoms with Crippen LogP contribution in [-0.4, -0.2) is 14.5 Å². The quantitative estimate of drug-likeness (QED) is 0.915. The maximum atomic E-state index is 11.1. The van der Waals surface area contributed by atoms with Gasteiger partial charge in [-0.05, 0) is 49.4 Å². The molecule has 1 saturated carbocycles. The average molecular weight is 269 g/mol. The molecule has 5 heteroatoms. The van der Waals surface area contributed by atoms with Gasteiger partial charge in [-0.15, -0.1) is 0 Å². The molecule has 1 fully saturated rings. The van der Waals surface area contributed by atoms with Gasteiger partial charge >= 0.3 is 0 Å². The number of hydrogen-bond acceptors (Lipinski definition) is 3. The molecule has 0 aliphatic heterocycles. The van der Waals surface area contributed by atoms with Crippen molar-refractivity contribution in [3.63, 3.8) is 0 Å². The molecule has 0 saturated heterocycles. The van der Waals surface area contributed by atoms with Gasteiger partial charge in [0.05, 0.1) is 11.0 Å². The minimum atomic E-state index is -3.62. The van der Waals surface area contributed by atoms with Gasteiger partial charge < -0.3 is 4.74 Å². The molecule has 1 aromatic rings. The van der Waals surface area contributed by atoms with Crippen LogP contribution in [0.1, 0.15) is 32.6 Å². The molecule has 0 heterocycles. The van der Waals surface area contributed by atoms with Crippen molar-refractivity contribution in [3.05, 3.63) is 24.3 Å². The number of sulfonamides is 1. The first-order valence-corrected chi connectivity index (χ1v) is 7.79. The number of primary sulfonamides is 1. The third-order valence-electron chi connectivity index (χ3n) is 3.34. The van der Waals surface area contributed by atoms with E-state index in [1.807, 2.05) is 0 Å². The Morgan fingerprint density at radius 1 is 1.22 bits per heavy atom. The van der Waals surface area contributed by atoms with E-state index in [1.54, 1.807) is 12.1 Å². The number of nitrogens with two attached hydrogens (primary N) is 1. The van der Waals surface area contributed by atoms with Gasteiger partial charge in [0.1, 0.15) is 5.75 Å². The van der Waals surface area contributed by atoms with Gasteiger partial charge in [-0.1, -0.05) is 13.3 Å². The molecule has 4 nitrogen and oxygen atoms in total. The second-order valence-corrected chi connectivity index (χ2v) is 6.59. The van der Waals surface area contributed by atoms with Gasteiger partial charge in [-0.2, -0.15) is 0 Å². The van der Waals surface area contributed by atoms with E-state index in [9.17, 15) is 8.42 Å². The predicted octanol–water partition coefficient (Wildman–Crippen LogP) is 2.29. The Labute approximate surface area is 108 Å². The van der Waals surface area contributed by atoms with Crippen molar-refractivity contribution in [1.82, 2.24) is 0 Å². The summed E-state index contributed by atoms with van der Waals surface area (Å²) in [5.74, 6) is 1.41. The monoisotopic (exact) mass is 269 g/mol. The Morgan fingerprint density at radius 2 is 1.89 bits per heavy atom. The number of ether oxygens (including phenoxy) is 1. The highest BCUT2D eigenvalue weighted by Gasteiger charge is 2.20. The minimum absolute atomic E-state index is 0.117. The molecule has 0 aromatic heterocycles. The van der Waals surface area contributed by atoms with Crippen LogP contribution in [0.5, 0.6) is 5.75 Å². The predicted molar refractivity (Wildman–Crippen MR) is 69.9 cm³/mol. The van der Waals surface area contributed by atoms with Crippen molar-refractivity contribution in [1.29, 1.82) is 0 Å². The molecule has 2 N–H and O–H groups in total. The van der Waals surface area contributed by atoms with Crippen molar-refractivity contribution in [2.75, 3.05) is 0 Å². The van der Waals surface area contributed by atoms with Crippen molar-refractivity contribution in [2.45, 2.75) is 43.6 Å². The fourth-order valence-corrected chi connectivity index (χ4v) is 2.90. The fourth-order valence-electron chi connectivity index (χ4n) is 2.39. The van der Waals surface area contributed by atoms with Gasteiger partial charge in [0.15, 0.2) is 0 Å². The van der Waals surface area contributed by atoms with Crippen LogP contribution < -0.4 is 9.88 Å². The Kier molecular flexibility index (Phi) is 3.92. The summed E-state index contributed by atoms with van der Waals surface area (Å²) in [5.41, 5.74) is 0. The molecule has 0 amide bonds. The van der Waals surface area contributed by atoms with Gasteiger partial charge in [-0.25, -0.2) is 13.6 Å². The second kappa shape index (κ2) is 5.28. The Bertz CT molecular complexity index is 495. The number of rotatable bonds is 3. The lowest BCUT2D eigenvalue weighted by Gasteiger charge is -2.27. The smallest absolute Gasteiger partial charge is 0.238 e. The number of benzene rings is 1. The minimum Gasteiger partial charge on any atom is -0.490 e. The highest BCUT2D eigenvalue weighted by Crippen LogP contribution is 2.27. The summed E-state index contributed by atoms with van der Waals surface area (Å²) in [7, 11) is -3.62. The maximum Gasteiger partial charge on any atom is 0.238 e. The van der Waals surface area contributed by atoms with E-state index in [1.165, 1.54) is 25.0 Å².